The molecule has 0 atom stereocenters. The van der Waals surface area contributed by atoms with Gasteiger partial charge in [-0.1, -0.05) is 66.2 Å². The third-order valence-corrected chi connectivity index (χ3v) is 7.54. The molecular weight excluding hydrogens is 513 g/mol. The van der Waals surface area contributed by atoms with Gasteiger partial charge in [-0.05, 0) is 65.2 Å². The molecule has 0 bridgehead atoms. The fraction of sp³-hybridized carbons (Fsp3) is 0.0714. The Balaban J connectivity index is 1.51. The van der Waals surface area contributed by atoms with Crippen LogP contribution in [0.15, 0.2) is 113 Å². The number of halogens is 2. The Morgan fingerprint density at radius 2 is 1.41 bits per heavy atom. The van der Waals surface area contributed by atoms with Gasteiger partial charge in [-0.25, -0.2) is 18.2 Å². The maximum atomic E-state index is 13.5. The summed E-state index contributed by atoms with van der Waals surface area (Å²) >= 11 is 5.93. The van der Waals surface area contributed by atoms with Crippen LogP contribution in [0.2, 0.25) is 5.02 Å². The number of hydrogen-bond acceptors (Lipinski definition) is 4. The molecule has 4 aromatic carbocycles. The quantitative estimate of drug-likeness (QED) is 0.223. The maximum Gasteiger partial charge on any atom is 0.271 e. The zero-order valence-corrected chi connectivity index (χ0v) is 21.2. The fourth-order valence-electron chi connectivity index (χ4n) is 3.51. The highest BCUT2D eigenvalue weighted by Gasteiger charge is 2.25. The Morgan fingerprint density at radius 3 is 2.00 bits per heavy atom. The lowest BCUT2D eigenvalue weighted by Gasteiger charge is -2.23. The molecule has 9 heteroatoms. The van der Waals surface area contributed by atoms with Gasteiger partial charge in [-0.15, -0.1) is 0 Å². The molecule has 0 saturated heterocycles. The van der Waals surface area contributed by atoms with E-state index in [9.17, 15) is 17.6 Å². The van der Waals surface area contributed by atoms with E-state index in [0.717, 1.165) is 5.56 Å². The smallest absolute Gasteiger partial charge is 0.267 e. The van der Waals surface area contributed by atoms with Gasteiger partial charge in [0.15, 0.2) is 0 Å². The molecule has 188 valence electrons. The van der Waals surface area contributed by atoms with Crippen LogP contribution in [0, 0.1) is 5.82 Å². The number of rotatable bonds is 9. The minimum Gasteiger partial charge on any atom is -0.267 e. The molecule has 6 nitrogen and oxygen atoms in total. The number of amides is 1. The van der Waals surface area contributed by atoms with Crippen molar-refractivity contribution in [2.45, 2.75) is 18.0 Å². The van der Waals surface area contributed by atoms with Gasteiger partial charge < -0.3 is 0 Å². The lowest BCUT2D eigenvalue weighted by molar-refractivity contribution is 0.0955. The Morgan fingerprint density at radius 1 is 0.838 bits per heavy atom. The van der Waals surface area contributed by atoms with Crippen LogP contribution in [0.3, 0.4) is 0 Å². The van der Waals surface area contributed by atoms with Crippen LogP contribution in [0.25, 0.3) is 0 Å². The van der Waals surface area contributed by atoms with Gasteiger partial charge in [0.2, 0.25) is 10.0 Å². The summed E-state index contributed by atoms with van der Waals surface area (Å²) in [6.07, 6.45) is 1.54. The SMILES string of the molecule is O=C(N/N=C/c1ccccc1)c1ccc(CN(Cc2ccc(F)cc2)S(=O)(=O)c2ccc(Cl)cc2)cc1. The van der Waals surface area contributed by atoms with Gasteiger partial charge in [0, 0.05) is 23.7 Å². The number of carbonyl (C=O) groups excluding carboxylic acids is 1. The normalized spacial score (nSPS) is 11.6. The Kier molecular flexibility index (Phi) is 8.45. The minimum absolute atomic E-state index is 0.0294. The van der Waals surface area contributed by atoms with E-state index in [1.807, 2.05) is 30.3 Å². The van der Waals surface area contributed by atoms with E-state index in [0.29, 0.717) is 21.7 Å². The first-order chi connectivity index (χ1) is 17.8. The molecule has 0 fully saturated rings. The highest BCUT2D eigenvalue weighted by molar-refractivity contribution is 7.89. The number of hydrazone groups is 1. The van der Waals surface area contributed by atoms with Crippen LogP contribution < -0.4 is 5.43 Å². The Hall–Kier alpha value is -3.85. The Labute approximate surface area is 220 Å². The molecule has 0 radical (unpaired) electrons. The van der Waals surface area contributed by atoms with Crippen molar-refractivity contribution in [2.75, 3.05) is 0 Å². The van der Waals surface area contributed by atoms with Crippen molar-refractivity contribution in [3.63, 3.8) is 0 Å². The molecule has 0 unspecified atom stereocenters. The lowest BCUT2D eigenvalue weighted by Crippen LogP contribution is -2.30. The zero-order valence-electron chi connectivity index (χ0n) is 19.6. The van der Waals surface area contributed by atoms with Crippen LogP contribution >= 0.6 is 11.6 Å². The van der Waals surface area contributed by atoms with Crippen molar-refractivity contribution >= 4 is 33.7 Å². The highest BCUT2D eigenvalue weighted by Crippen LogP contribution is 2.23. The molecule has 0 aliphatic carbocycles. The van der Waals surface area contributed by atoms with E-state index in [1.54, 1.807) is 42.6 Å². The molecule has 0 spiro atoms. The fourth-order valence-corrected chi connectivity index (χ4v) is 5.05. The third-order valence-electron chi connectivity index (χ3n) is 5.48. The van der Waals surface area contributed by atoms with Gasteiger partial charge in [0.1, 0.15) is 5.82 Å². The van der Waals surface area contributed by atoms with Crippen molar-refractivity contribution in [3.05, 3.63) is 136 Å². The van der Waals surface area contributed by atoms with Crippen LogP contribution in [0.5, 0.6) is 0 Å². The van der Waals surface area contributed by atoms with E-state index in [1.165, 1.54) is 40.7 Å². The summed E-state index contributed by atoms with van der Waals surface area (Å²) in [4.78, 5) is 12.5. The second kappa shape index (κ2) is 11.9. The maximum absolute atomic E-state index is 13.5. The molecule has 1 N–H and O–H groups in total. The third kappa shape index (κ3) is 7.10. The van der Waals surface area contributed by atoms with Gasteiger partial charge in [-0.2, -0.15) is 9.41 Å². The van der Waals surface area contributed by atoms with Crippen LogP contribution in [0.1, 0.15) is 27.0 Å². The predicted octanol–water partition coefficient (Wildman–Crippen LogP) is 5.63. The van der Waals surface area contributed by atoms with E-state index in [-0.39, 0.29) is 18.0 Å². The first-order valence-corrected chi connectivity index (χ1v) is 13.1. The molecule has 4 aromatic rings. The van der Waals surface area contributed by atoms with Crippen molar-refractivity contribution in [1.82, 2.24) is 9.73 Å². The Bertz CT molecular complexity index is 1480. The number of nitrogens with zero attached hydrogens (tertiary/aromatic N) is 2. The summed E-state index contributed by atoms with van der Waals surface area (Å²) in [5, 5.41) is 4.39. The molecule has 4 rings (SSSR count). The van der Waals surface area contributed by atoms with Crippen molar-refractivity contribution in [1.29, 1.82) is 0 Å². The first kappa shape index (κ1) is 26.2. The van der Waals surface area contributed by atoms with Gasteiger partial charge >= 0.3 is 0 Å². The van der Waals surface area contributed by atoms with Gasteiger partial charge in [-0.3, -0.25) is 4.79 Å². The number of carbonyl (C=O) groups is 1. The summed E-state index contributed by atoms with van der Waals surface area (Å²) in [6, 6.07) is 27.5. The average molecular weight is 536 g/mol. The molecular formula is C28H23ClFN3O3S. The van der Waals surface area contributed by atoms with E-state index < -0.39 is 21.7 Å². The molecule has 0 aromatic heterocycles. The summed E-state index contributed by atoms with van der Waals surface area (Å²) in [7, 11) is -3.91. The molecule has 37 heavy (non-hydrogen) atoms. The standard InChI is InChI=1S/C28H23ClFN3O3S/c29-25-12-16-27(17-13-25)37(35,36)33(20-23-8-14-26(30)15-9-23)19-22-6-10-24(11-7-22)28(34)32-31-18-21-4-2-1-3-5-21/h1-18H,19-20H2,(H,32,34)/b31-18+. The summed E-state index contributed by atoms with van der Waals surface area (Å²) < 4.78 is 41.6. The molecule has 0 saturated carbocycles. The second-order valence-electron chi connectivity index (χ2n) is 8.16. The monoisotopic (exact) mass is 535 g/mol. The lowest BCUT2D eigenvalue weighted by atomic mass is 10.1. The van der Waals surface area contributed by atoms with Crippen LogP contribution in [0.4, 0.5) is 4.39 Å². The first-order valence-electron chi connectivity index (χ1n) is 11.3. The highest BCUT2D eigenvalue weighted by atomic mass is 35.5. The molecule has 0 aliphatic rings. The summed E-state index contributed by atoms with van der Waals surface area (Å²) in [6.45, 7) is 0.0675. The van der Waals surface area contributed by atoms with Crippen LogP contribution in [-0.2, 0) is 23.1 Å². The van der Waals surface area contributed by atoms with E-state index in [2.05, 4.69) is 10.5 Å². The summed E-state index contributed by atoms with van der Waals surface area (Å²) in [5.41, 5.74) is 5.00. The number of nitrogens with one attached hydrogen (secondary N) is 1. The van der Waals surface area contributed by atoms with Crippen molar-refractivity contribution < 1.29 is 17.6 Å². The minimum atomic E-state index is -3.91. The molecule has 0 heterocycles. The number of sulfonamides is 1. The summed E-state index contributed by atoms with van der Waals surface area (Å²) in [5.74, 6) is -0.798. The van der Waals surface area contributed by atoms with Gasteiger partial charge in [0.25, 0.3) is 5.91 Å². The van der Waals surface area contributed by atoms with E-state index in [4.69, 9.17) is 11.6 Å². The van der Waals surface area contributed by atoms with Crippen molar-refractivity contribution in [3.8, 4) is 0 Å². The predicted molar refractivity (Wildman–Crippen MR) is 142 cm³/mol. The number of hydrogen-bond donors (Lipinski definition) is 1. The largest absolute Gasteiger partial charge is 0.271 e. The second-order valence-corrected chi connectivity index (χ2v) is 10.5. The molecule has 1 amide bonds. The zero-order chi connectivity index (χ0) is 26.3. The average Bonchev–Trinajstić information content (AvgIpc) is 2.91. The van der Waals surface area contributed by atoms with Crippen molar-refractivity contribution in [2.24, 2.45) is 5.10 Å². The van der Waals surface area contributed by atoms with Crippen LogP contribution in [-0.4, -0.2) is 24.8 Å². The number of benzene rings is 4. The van der Waals surface area contributed by atoms with E-state index >= 15 is 0 Å². The van der Waals surface area contributed by atoms with Gasteiger partial charge in [0.05, 0.1) is 11.1 Å². The topological polar surface area (TPSA) is 78.8 Å². The molecule has 0 aliphatic heterocycles.